The molecule has 29 heavy (non-hydrogen) atoms. The number of carbonyl (C=O) groups is 2. The first-order valence-electron chi connectivity index (χ1n) is 9.83. The number of piperazine rings is 1. The van der Waals surface area contributed by atoms with Gasteiger partial charge in [0.2, 0.25) is 0 Å². The zero-order chi connectivity index (χ0) is 20.6. The average molecular weight is 396 g/mol. The number of hydrogen-bond donors (Lipinski definition) is 2. The van der Waals surface area contributed by atoms with Gasteiger partial charge in [-0.2, -0.15) is 0 Å². The van der Waals surface area contributed by atoms with Crippen molar-refractivity contribution in [3.63, 3.8) is 0 Å². The molecule has 1 heterocycles. The molecule has 3 N–H and O–H groups in total. The summed E-state index contributed by atoms with van der Waals surface area (Å²) in [6.07, 6.45) is 0. The monoisotopic (exact) mass is 396 g/mol. The minimum absolute atomic E-state index is 0.0565. The number of nitrogens with zero attached hydrogens (tertiary/aromatic N) is 2. The van der Waals surface area contributed by atoms with E-state index in [1.54, 1.807) is 31.4 Å². The highest BCUT2D eigenvalue weighted by atomic mass is 16.5. The first-order chi connectivity index (χ1) is 14.1. The molecule has 0 saturated carbocycles. The molecule has 1 aliphatic rings. The van der Waals surface area contributed by atoms with Crippen LogP contribution in [0.4, 0.5) is 0 Å². The summed E-state index contributed by atoms with van der Waals surface area (Å²) in [5.41, 5.74) is 7.93. The normalized spacial score (nSPS) is 14.5. The van der Waals surface area contributed by atoms with Gasteiger partial charge < -0.3 is 20.7 Å². The SMILES string of the molecule is COc1ccc(C(=O)NCCN2CCN(C(=O)c3ccc(CN)cc3)CC2)cc1. The summed E-state index contributed by atoms with van der Waals surface area (Å²) in [5.74, 6) is 0.688. The number of rotatable bonds is 7. The quantitative estimate of drug-likeness (QED) is 0.738. The van der Waals surface area contributed by atoms with E-state index in [2.05, 4.69) is 10.2 Å². The molecule has 154 valence electrons. The van der Waals surface area contributed by atoms with Crippen molar-refractivity contribution in [3.8, 4) is 5.75 Å². The van der Waals surface area contributed by atoms with Crippen molar-refractivity contribution in [2.24, 2.45) is 5.73 Å². The summed E-state index contributed by atoms with van der Waals surface area (Å²) >= 11 is 0. The Morgan fingerprint density at radius 3 is 2.17 bits per heavy atom. The zero-order valence-corrected chi connectivity index (χ0v) is 16.8. The lowest BCUT2D eigenvalue weighted by molar-refractivity contribution is 0.0638. The van der Waals surface area contributed by atoms with Gasteiger partial charge >= 0.3 is 0 Å². The second-order valence-corrected chi connectivity index (χ2v) is 7.02. The average Bonchev–Trinajstić information content (AvgIpc) is 2.79. The maximum atomic E-state index is 12.6. The van der Waals surface area contributed by atoms with Crippen LogP contribution < -0.4 is 15.8 Å². The van der Waals surface area contributed by atoms with Crippen molar-refractivity contribution in [1.82, 2.24) is 15.1 Å². The third kappa shape index (κ3) is 5.56. The Morgan fingerprint density at radius 1 is 0.966 bits per heavy atom. The van der Waals surface area contributed by atoms with Crippen molar-refractivity contribution in [2.75, 3.05) is 46.4 Å². The summed E-state index contributed by atoms with van der Waals surface area (Å²) in [4.78, 5) is 29.0. The van der Waals surface area contributed by atoms with Gasteiger partial charge in [-0.25, -0.2) is 0 Å². The Labute approximate surface area is 171 Å². The van der Waals surface area contributed by atoms with Crippen LogP contribution in [0.15, 0.2) is 48.5 Å². The maximum absolute atomic E-state index is 12.6. The van der Waals surface area contributed by atoms with Crippen molar-refractivity contribution >= 4 is 11.8 Å². The van der Waals surface area contributed by atoms with Gasteiger partial charge in [-0.1, -0.05) is 12.1 Å². The van der Waals surface area contributed by atoms with Gasteiger partial charge in [0.25, 0.3) is 11.8 Å². The Balaban J connectivity index is 1.40. The summed E-state index contributed by atoms with van der Waals surface area (Å²) in [5, 5.41) is 2.94. The summed E-state index contributed by atoms with van der Waals surface area (Å²) < 4.78 is 5.10. The van der Waals surface area contributed by atoms with Gasteiger partial charge in [0.15, 0.2) is 0 Å². The number of carbonyl (C=O) groups excluding carboxylic acids is 2. The summed E-state index contributed by atoms with van der Waals surface area (Å²) in [7, 11) is 1.60. The molecule has 1 saturated heterocycles. The largest absolute Gasteiger partial charge is 0.497 e. The molecule has 0 aliphatic carbocycles. The Bertz CT molecular complexity index is 810. The second kappa shape index (κ2) is 10.0. The molecule has 2 amide bonds. The number of nitrogens with two attached hydrogens (primary N) is 1. The molecule has 0 radical (unpaired) electrons. The molecule has 0 atom stereocenters. The fourth-order valence-electron chi connectivity index (χ4n) is 3.31. The van der Waals surface area contributed by atoms with Gasteiger partial charge in [0.05, 0.1) is 7.11 Å². The summed E-state index contributed by atoms with van der Waals surface area (Å²) in [6.45, 7) is 4.76. The number of nitrogens with one attached hydrogen (secondary N) is 1. The van der Waals surface area contributed by atoms with Gasteiger partial charge in [-0.3, -0.25) is 14.5 Å². The smallest absolute Gasteiger partial charge is 0.253 e. The molecule has 2 aromatic rings. The number of amides is 2. The molecule has 7 nitrogen and oxygen atoms in total. The minimum atomic E-state index is -0.0950. The molecule has 2 aromatic carbocycles. The lowest BCUT2D eigenvalue weighted by Gasteiger charge is -2.34. The van der Waals surface area contributed by atoms with Crippen molar-refractivity contribution < 1.29 is 14.3 Å². The van der Waals surface area contributed by atoms with Gasteiger partial charge in [-0.15, -0.1) is 0 Å². The van der Waals surface area contributed by atoms with Crippen LogP contribution in [0.1, 0.15) is 26.3 Å². The number of methoxy groups -OCH3 is 1. The third-order valence-electron chi connectivity index (χ3n) is 5.16. The van der Waals surface area contributed by atoms with E-state index in [1.165, 1.54) is 0 Å². The lowest BCUT2D eigenvalue weighted by atomic mass is 10.1. The fourth-order valence-corrected chi connectivity index (χ4v) is 3.31. The minimum Gasteiger partial charge on any atom is -0.497 e. The molecular formula is C22H28N4O3. The Morgan fingerprint density at radius 2 is 1.59 bits per heavy atom. The van der Waals surface area contributed by atoms with Crippen LogP contribution in [0.3, 0.4) is 0 Å². The van der Waals surface area contributed by atoms with Crippen molar-refractivity contribution in [1.29, 1.82) is 0 Å². The van der Waals surface area contributed by atoms with Crippen molar-refractivity contribution in [2.45, 2.75) is 6.54 Å². The maximum Gasteiger partial charge on any atom is 0.253 e. The number of benzene rings is 2. The van der Waals surface area contributed by atoms with E-state index in [0.29, 0.717) is 37.3 Å². The molecule has 0 spiro atoms. The Kier molecular flexibility index (Phi) is 7.21. The van der Waals surface area contributed by atoms with Crippen LogP contribution in [-0.2, 0) is 6.54 Å². The fraction of sp³-hybridized carbons (Fsp3) is 0.364. The number of ether oxygens (including phenoxy) is 1. The van der Waals surface area contributed by atoms with Crippen molar-refractivity contribution in [3.05, 3.63) is 65.2 Å². The third-order valence-corrected chi connectivity index (χ3v) is 5.16. The molecule has 3 rings (SSSR count). The first kappa shape index (κ1) is 20.8. The van der Waals surface area contributed by atoms with E-state index in [0.717, 1.165) is 30.9 Å². The molecule has 0 aromatic heterocycles. The Hall–Kier alpha value is -2.90. The van der Waals surface area contributed by atoms with Crippen LogP contribution in [0.25, 0.3) is 0 Å². The summed E-state index contributed by atoms with van der Waals surface area (Å²) in [6, 6.07) is 14.5. The molecule has 0 unspecified atom stereocenters. The van der Waals surface area contributed by atoms with E-state index in [9.17, 15) is 9.59 Å². The molecular weight excluding hydrogens is 368 g/mol. The van der Waals surface area contributed by atoms with Crippen LogP contribution in [0, 0.1) is 0 Å². The lowest BCUT2D eigenvalue weighted by Crippen LogP contribution is -2.50. The molecule has 0 bridgehead atoms. The zero-order valence-electron chi connectivity index (χ0n) is 16.8. The highest BCUT2D eigenvalue weighted by molar-refractivity contribution is 5.94. The van der Waals surface area contributed by atoms with E-state index in [1.807, 2.05) is 29.2 Å². The van der Waals surface area contributed by atoms with E-state index in [4.69, 9.17) is 10.5 Å². The second-order valence-electron chi connectivity index (χ2n) is 7.02. The van der Waals surface area contributed by atoms with E-state index in [-0.39, 0.29) is 11.8 Å². The highest BCUT2D eigenvalue weighted by Gasteiger charge is 2.22. The molecule has 1 aliphatic heterocycles. The van der Waals surface area contributed by atoms with E-state index < -0.39 is 0 Å². The first-order valence-corrected chi connectivity index (χ1v) is 9.83. The van der Waals surface area contributed by atoms with Gasteiger partial charge in [0.1, 0.15) is 5.75 Å². The standard InChI is InChI=1S/C22H28N4O3/c1-29-20-8-6-18(7-9-20)21(27)24-10-11-25-12-14-26(15-13-25)22(28)19-4-2-17(16-23)3-5-19/h2-9H,10-16,23H2,1H3,(H,24,27). The highest BCUT2D eigenvalue weighted by Crippen LogP contribution is 2.12. The van der Waals surface area contributed by atoms with E-state index >= 15 is 0 Å². The predicted octanol–water partition coefficient (Wildman–Crippen LogP) is 1.34. The molecule has 1 fully saturated rings. The van der Waals surface area contributed by atoms with Crippen LogP contribution in [-0.4, -0.2) is 68.0 Å². The topological polar surface area (TPSA) is 87.9 Å². The molecule has 7 heteroatoms. The van der Waals surface area contributed by atoms with Gasteiger partial charge in [0, 0.05) is 56.9 Å². The van der Waals surface area contributed by atoms with Crippen LogP contribution in [0.2, 0.25) is 0 Å². The van der Waals surface area contributed by atoms with Crippen LogP contribution >= 0.6 is 0 Å². The number of hydrogen-bond acceptors (Lipinski definition) is 5. The van der Waals surface area contributed by atoms with Gasteiger partial charge in [-0.05, 0) is 42.0 Å². The van der Waals surface area contributed by atoms with Crippen LogP contribution in [0.5, 0.6) is 5.75 Å². The predicted molar refractivity (Wildman–Crippen MR) is 112 cm³/mol.